The van der Waals surface area contributed by atoms with Crippen molar-refractivity contribution in [3.8, 4) is 11.5 Å². The van der Waals surface area contributed by atoms with Gasteiger partial charge in [-0.05, 0) is 43.4 Å². The van der Waals surface area contributed by atoms with Gasteiger partial charge < -0.3 is 24.4 Å². The van der Waals surface area contributed by atoms with Crippen molar-refractivity contribution in [1.82, 2.24) is 10.2 Å². The highest BCUT2D eigenvalue weighted by atomic mass is 16.7. The first-order valence-electron chi connectivity index (χ1n) is 9.73. The highest BCUT2D eigenvalue weighted by Gasteiger charge is 2.32. The topological polar surface area (TPSA) is 77.1 Å². The molecule has 0 radical (unpaired) electrons. The fraction of sp³-hybridized carbons (Fsp3) is 0.600. The van der Waals surface area contributed by atoms with Crippen LogP contribution in [-0.2, 0) is 20.9 Å². The van der Waals surface area contributed by atoms with Gasteiger partial charge in [0.1, 0.15) is 0 Å². The van der Waals surface area contributed by atoms with Crippen molar-refractivity contribution in [2.45, 2.75) is 32.2 Å². The summed E-state index contributed by atoms with van der Waals surface area (Å²) < 4.78 is 16.0. The molecule has 3 aliphatic rings. The van der Waals surface area contributed by atoms with Crippen LogP contribution >= 0.6 is 0 Å². The fourth-order valence-corrected chi connectivity index (χ4v) is 4.03. The molecule has 0 spiro atoms. The number of carbonyl (C=O) groups is 2. The van der Waals surface area contributed by atoms with E-state index in [1.165, 1.54) is 0 Å². The van der Waals surface area contributed by atoms with Gasteiger partial charge in [0.25, 0.3) is 0 Å². The van der Waals surface area contributed by atoms with Gasteiger partial charge in [-0.25, -0.2) is 0 Å². The van der Waals surface area contributed by atoms with Crippen LogP contribution in [0.5, 0.6) is 11.5 Å². The zero-order valence-corrected chi connectivity index (χ0v) is 15.4. The molecule has 1 aromatic carbocycles. The molecule has 2 heterocycles. The number of hydrogen-bond acceptors (Lipinski definition) is 5. The summed E-state index contributed by atoms with van der Waals surface area (Å²) in [7, 11) is 0. The number of hydrogen-bond donors (Lipinski definition) is 1. The van der Waals surface area contributed by atoms with Crippen LogP contribution in [0.1, 0.15) is 31.2 Å². The Morgan fingerprint density at radius 3 is 2.48 bits per heavy atom. The van der Waals surface area contributed by atoms with Crippen molar-refractivity contribution in [3.05, 3.63) is 23.8 Å². The molecule has 27 heavy (non-hydrogen) atoms. The molecule has 7 nitrogen and oxygen atoms in total. The molecule has 4 rings (SSSR count). The molecule has 2 amide bonds. The molecule has 0 unspecified atom stereocenters. The van der Waals surface area contributed by atoms with Crippen molar-refractivity contribution >= 4 is 11.8 Å². The number of nitrogens with zero attached hydrogens (tertiary/aromatic N) is 1. The van der Waals surface area contributed by atoms with Gasteiger partial charge in [-0.15, -0.1) is 0 Å². The minimum absolute atomic E-state index is 0.00671. The summed E-state index contributed by atoms with van der Waals surface area (Å²) in [5, 5.41) is 3.02. The number of benzene rings is 1. The lowest BCUT2D eigenvalue weighted by molar-refractivity contribution is -0.142. The summed E-state index contributed by atoms with van der Waals surface area (Å²) in [4.78, 5) is 27.0. The molecule has 1 aliphatic carbocycles. The Morgan fingerprint density at radius 2 is 1.70 bits per heavy atom. The van der Waals surface area contributed by atoms with Gasteiger partial charge in [0, 0.05) is 31.5 Å². The van der Waals surface area contributed by atoms with Gasteiger partial charge in [-0.1, -0.05) is 6.07 Å². The van der Waals surface area contributed by atoms with Crippen LogP contribution in [0.3, 0.4) is 0 Å². The second kappa shape index (κ2) is 8.17. The average Bonchev–Trinajstić information content (AvgIpc) is 3.20. The Bertz CT molecular complexity index is 694. The van der Waals surface area contributed by atoms with E-state index in [1.807, 2.05) is 23.1 Å². The predicted octanol–water partition coefficient (Wildman–Crippen LogP) is 1.70. The molecule has 0 aromatic heterocycles. The van der Waals surface area contributed by atoms with Crippen LogP contribution in [0.2, 0.25) is 0 Å². The molecule has 0 bridgehead atoms. The molecule has 2 fully saturated rings. The Labute approximate surface area is 158 Å². The number of fused-ring (bicyclic) bond motifs is 1. The van der Waals surface area contributed by atoms with E-state index in [-0.39, 0.29) is 30.4 Å². The lowest BCUT2D eigenvalue weighted by Gasteiger charge is -2.33. The fourth-order valence-electron chi connectivity index (χ4n) is 4.03. The molecule has 1 aromatic rings. The molecule has 2 aliphatic heterocycles. The monoisotopic (exact) mass is 374 g/mol. The number of carbonyl (C=O) groups excluding carboxylic acids is 2. The number of morpholine rings is 1. The first kappa shape index (κ1) is 18.1. The van der Waals surface area contributed by atoms with Gasteiger partial charge >= 0.3 is 0 Å². The van der Waals surface area contributed by atoms with Gasteiger partial charge in [0.2, 0.25) is 18.6 Å². The third kappa shape index (κ3) is 4.18. The molecule has 146 valence electrons. The predicted molar refractivity (Wildman–Crippen MR) is 97.3 cm³/mol. The number of ether oxygens (including phenoxy) is 3. The van der Waals surface area contributed by atoms with Crippen molar-refractivity contribution in [2.75, 3.05) is 33.1 Å². The maximum atomic E-state index is 12.6. The molecule has 7 heteroatoms. The Balaban J connectivity index is 1.23. The van der Waals surface area contributed by atoms with E-state index in [0.717, 1.165) is 42.7 Å². The molecular formula is C20H26N2O5. The van der Waals surface area contributed by atoms with Crippen molar-refractivity contribution in [1.29, 1.82) is 0 Å². The van der Waals surface area contributed by atoms with Crippen LogP contribution in [0.4, 0.5) is 0 Å². The smallest absolute Gasteiger partial charge is 0.231 e. The second-order valence-electron chi connectivity index (χ2n) is 7.39. The summed E-state index contributed by atoms with van der Waals surface area (Å²) in [5.41, 5.74) is 0.990. The van der Waals surface area contributed by atoms with E-state index < -0.39 is 0 Å². The average molecular weight is 374 g/mol. The minimum Gasteiger partial charge on any atom is -0.454 e. The summed E-state index contributed by atoms with van der Waals surface area (Å²) in [6.45, 7) is 3.36. The van der Waals surface area contributed by atoms with E-state index in [4.69, 9.17) is 14.2 Å². The number of amides is 2. The number of rotatable bonds is 4. The molecule has 1 N–H and O–H groups in total. The van der Waals surface area contributed by atoms with Crippen molar-refractivity contribution in [3.63, 3.8) is 0 Å². The minimum atomic E-state index is -0.00671. The van der Waals surface area contributed by atoms with E-state index >= 15 is 0 Å². The summed E-state index contributed by atoms with van der Waals surface area (Å²) in [5.74, 6) is 1.83. The van der Waals surface area contributed by atoms with Gasteiger partial charge in [-0.3, -0.25) is 9.59 Å². The lowest BCUT2D eigenvalue weighted by Crippen LogP contribution is -2.45. The lowest BCUT2D eigenvalue weighted by atomic mass is 9.81. The summed E-state index contributed by atoms with van der Waals surface area (Å²) in [6.07, 6.45) is 3.12. The van der Waals surface area contributed by atoms with Gasteiger partial charge in [0.05, 0.1) is 13.2 Å². The Kier molecular flexibility index (Phi) is 5.48. The third-order valence-electron chi connectivity index (χ3n) is 5.67. The third-order valence-corrected chi connectivity index (χ3v) is 5.67. The van der Waals surface area contributed by atoms with Crippen LogP contribution in [-0.4, -0.2) is 49.8 Å². The second-order valence-corrected chi connectivity index (χ2v) is 7.39. The van der Waals surface area contributed by atoms with E-state index in [2.05, 4.69) is 5.32 Å². The Morgan fingerprint density at radius 1 is 1.00 bits per heavy atom. The first-order valence-corrected chi connectivity index (χ1v) is 9.73. The van der Waals surface area contributed by atoms with Crippen molar-refractivity contribution < 1.29 is 23.8 Å². The van der Waals surface area contributed by atoms with Crippen LogP contribution < -0.4 is 14.8 Å². The zero-order valence-electron chi connectivity index (χ0n) is 15.4. The highest BCUT2D eigenvalue weighted by Crippen LogP contribution is 2.33. The van der Waals surface area contributed by atoms with Gasteiger partial charge in [-0.2, -0.15) is 0 Å². The largest absolute Gasteiger partial charge is 0.454 e. The number of nitrogens with one attached hydrogen (secondary N) is 1. The quantitative estimate of drug-likeness (QED) is 0.868. The zero-order chi connectivity index (χ0) is 18.6. The van der Waals surface area contributed by atoms with Crippen LogP contribution in [0.25, 0.3) is 0 Å². The highest BCUT2D eigenvalue weighted by molar-refractivity contribution is 5.81. The Hall–Kier alpha value is -2.28. The van der Waals surface area contributed by atoms with Gasteiger partial charge in [0.15, 0.2) is 11.5 Å². The van der Waals surface area contributed by atoms with Crippen LogP contribution in [0, 0.1) is 11.8 Å². The maximum Gasteiger partial charge on any atom is 0.231 e. The van der Waals surface area contributed by atoms with E-state index in [1.54, 1.807) is 0 Å². The molecular weight excluding hydrogens is 348 g/mol. The van der Waals surface area contributed by atoms with Crippen molar-refractivity contribution in [2.24, 2.45) is 11.8 Å². The van der Waals surface area contributed by atoms with Crippen LogP contribution in [0.15, 0.2) is 18.2 Å². The maximum absolute atomic E-state index is 12.6. The standard InChI is InChI=1S/C20H26N2O5/c23-19(21-12-14-1-6-17-18(11-14)27-13-26-17)15-2-4-16(5-3-15)20(24)22-7-9-25-10-8-22/h1,6,11,15-16H,2-5,7-10,12-13H2,(H,21,23). The summed E-state index contributed by atoms with van der Waals surface area (Å²) >= 11 is 0. The molecule has 1 saturated heterocycles. The molecule has 0 atom stereocenters. The SMILES string of the molecule is O=C(NCc1ccc2c(c1)OCO2)C1CCC(C(=O)N2CCOCC2)CC1. The summed E-state index contributed by atoms with van der Waals surface area (Å²) in [6, 6.07) is 5.71. The van der Waals surface area contributed by atoms with E-state index in [0.29, 0.717) is 32.8 Å². The first-order chi connectivity index (χ1) is 13.2. The normalized spacial score (nSPS) is 24.5. The molecule has 1 saturated carbocycles. The van der Waals surface area contributed by atoms with E-state index in [9.17, 15) is 9.59 Å².